The van der Waals surface area contributed by atoms with E-state index in [4.69, 9.17) is 0 Å². The van der Waals surface area contributed by atoms with Crippen LogP contribution in [0.15, 0.2) is 27.5 Å². The number of aryl methyl sites for hydroxylation is 2. The summed E-state index contributed by atoms with van der Waals surface area (Å²) in [6.07, 6.45) is 7.93. The van der Waals surface area contributed by atoms with Gasteiger partial charge in [0, 0.05) is 23.6 Å². The van der Waals surface area contributed by atoms with Crippen LogP contribution in [0.2, 0.25) is 0 Å². The largest absolute Gasteiger partial charge is 0.347 e. The first-order valence-corrected chi connectivity index (χ1v) is 12.0. The van der Waals surface area contributed by atoms with E-state index >= 15 is 0 Å². The lowest BCUT2D eigenvalue weighted by Crippen LogP contribution is -2.30. The molecule has 1 aliphatic rings. The molecule has 162 valence electrons. The number of nitrogens with zero attached hydrogens (tertiary/aromatic N) is 1. The molecule has 1 amide bonds. The Morgan fingerprint density at radius 1 is 1.07 bits per heavy atom. The molecular formula is C25H33BrN2O2. The molecule has 2 aromatic rings. The van der Waals surface area contributed by atoms with Crippen LogP contribution in [-0.2, 0) is 19.4 Å². The third kappa shape index (κ3) is 4.56. The van der Waals surface area contributed by atoms with Crippen molar-refractivity contribution >= 4 is 27.5 Å². The fourth-order valence-electron chi connectivity index (χ4n) is 4.69. The van der Waals surface area contributed by atoms with Gasteiger partial charge in [0.1, 0.15) is 5.56 Å². The summed E-state index contributed by atoms with van der Waals surface area (Å²) in [6.45, 7) is 8.89. The minimum atomic E-state index is -0.314. The predicted molar refractivity (Wildman–Crippen MR) is 128 cm³/mol. The number of nitrogens with one attached hydrogen (secondary N) is 1. The van der Waals surface area contributed by atoms with Gasteiger partial charge in [0.05, 0.1) is 4.47 Å². The molecule has 1 aromatic heterocycles. The normalized spacial score (nSPS) is 14.7. The van der Waals surface area contributed by atoms with E-state index in [9.17, 15) is 9.59 Å². The van der Waals surface area contributed by atoms with E-state index < -0.39 is 0 Å². The maximum atomic E-state index is 13.4. The van der Waals surface area contributed by atoms with E-state index in [1.807, 2.05) is 32.0 Å². The molecule has 1 aliphatic carbocycles. The van der Waals surface area contributed by atoms with Crippen LogP contribution in [-0.4, -0.2) is 10.5 Å². The van der Waals surface area contributed by atoms with Crippen molar-refractivity contribution in [2.45, 2.75) is 79.2 Å². The summed E-state index contributed by atoms with van der Waals surface area (Å²) >= 11 is 3.48. The first-order valence-electron chi connectivity index (χ1n) is 11.2. The third-order valence-electron chi connectivity index (χ3n) is 6.55. The summed E-state index contributed by atoms with van der Waals surface area (Å²) in [5.74, 6) is 0.292. The maximum Gasteiger partial charge on any atom is 0.261 e. The molecular weight excluding hydrogens is 440 g/mol. The Bertz CT molecular complexity index is 965. The van der Waals surface area contributed by atoms with Gasteiger partial charge in [0.2, 0.25) is 5.43 Å². The number of halogens is 1. The smallest absolute Gasteiger partial charge is 0.261 e. The quantitative estimate of drug-likeness (QED) is 0.544. The zero-order valence-corrected chi connectivity index (χ0v) is 20.2. The van der Waals surface area contributed by atoms with Crippen molar-refractivity contribution in [3.63, 3.8) is 0 Å². The average Bonchev–Trinajstić information content (AvgIpc) is 2.76. The van der Waals surface area contributed by atoms with Crippen LogP contribution in [0.4, 0.5) is 5.69 Å². The molecule has 0 unspecified atom stereocenters. The number of hydrogen-bond acceptors (Lipinski definition) is 2. The molecule has 1 aromatic carbocycles. The van der Waals surface area contributed by atoms with E-state index in [0.717, 1.165) is 47.6 Å². The van der Waals surface area contributed by atoms with E-state index in [2.05, 4.69) is 39.7 Å². The fourth-order valence-corrected chi connectivity index (χ4v) is 5.10. The molecule has 0 spiro atoms. The lowest BCUT2D eigenvalue weighted by molar-refractivity contribution is 0.102. The van der Waals surface area contributed by atoms with Crippen molar-refractivity contribution in [2.24, 2.45) is 5.92 Å². The van der Waals surface area contributed by atoms with Gasteiger partial charge in [0.25, 0.3) is 5.91 Å². The van der Waals surface area contributed by atoms with Gasteiger partial charge in [-0.05, 0) is 72.5 Å². The Morgan fingerprint density at radius 2 is 1.67 bits per heavy atom. The van der Waals surface area contributed by atoms with E-state index in [-0.39, 0.29) is 16.9 Å². The highest BCUT2D eigenvalue weighted by Gasteiger charge is 2.24. The number of rotatable bonds is 6. The lowest BCUT2D eigenvalue weighted by Gasteiger charge is -2.26. The summed E-state index contributed by atoms with van der Waals surface area (Å²) in [4.78, 5) is 26.4. The second kappa shape index (κ2) is 9.95. The highest BCUT2D eigenvalue weighted by atomic mass is 79.9. The number of hydrogen-bond donors (Lipinski definition) is 1. The van der Waals surface area contributed by atoms with Crippen LogP contribution in [0.5, 0.6) is 0 Å². The standard InChI is InChI=1S/C25H33BrN2O2/c1-5-19-13-10-14-20(6-2)23(19)27-25(30)21-16(3)28(17(4)22(26)24(21)29)15-18-11-8-7-9-12-18/h10,13-14,18H,5-9,11-12,15H2,1-4H3,(H,27,30). The summed E-state index contributed by atoms with van der Waals surface area (Å²) < 4.78 is 2.66. The highest BCUT2D eigenvalue weighted by Crippen LogP contribution is 2.28. The predicted octanol–water partition coefficient (Wildman–Crippen LogP) is 6.19. The number of pyridine rings is 1. The van der Waals surface area contributed by atoms with Crippen LogP contribution >= 0.6 is 15.9 Å². The van der Waals surface area contributed by atoms with Crippen molar-refractivity contribution in [2.75, 3.05) is 5.32 Å². The van der Waals surface area contributed by atoms with Gasteiger partial charge < -0.3 is 9.88 Å². The van der Waals surface area contributed by atoms with E-state index in [1.165, 1.54) is 32.1 Å². The highest BCUT2D eigenvalue weighted by molar-refractivity contribution is 9.10. The fraction of sp³-hybridized carbons (Fsp3) is 0.520. The second-order valence-electron chi connectivity index (χ2n) is 8.42. The van der Waals surface area contributed by atoms with Crippen molar-refractivity contribution in [3.8, 4) is 0 Å². The number of aromatic nitrogens is 1. The number of carbonyl (C=O) groups excluding carboxylic acids is 1. The Morgan fingerprint density at radius 3 is 2.23 bits per heavy atom. The summed E-state index contributed by atoms with van der Waals surface area (Å²) in [7, 11) is 0. The molecule has 1 heterocycles. The molecule has 0 radical (unpaired) electrons. The van der Waals surface area contributed by atoms with Crippen LogP contribution in [0.25, 0.3) is 0 Å². The Balaban J connectivity index is 2.01. The molecule has 3 rings (SSSR count). The first-order chi connectivity index (χ1) is 14.4. The molecule has 30 heavy (non-hydrogen) atoms. The number of carbonyl (C=O) groups is 1. The minimum absolute atomic E-state index is 0.227. The average molecular weight is 473 g/mol. The van der Waals surface area contributed by atoms with Crippen molar-refractivity contribution in [1.29, 1.82) is 0 Å². The maximum absolute atomic E-state index is 13.4. The Hall–Kier alpha value is -1.88. The molecule has 1 saturated carbocycles. The van der Waals surface area contributed by atoms with E-state index in [0.29, 0.717) is 10.4 Å². The zero-order valence-electron chi connectivity index (χ0n) is 18.6. The first kappa shape index (κ1) is 22.8. The number of para-hydroxylation sites is 1. The Labute approximate surface area is 188 Å². The molecule has 5 heteroatoms. The number of anilines is 1. The third-order valence-corrected chi connectivity index (χ3v) is 7.48. The second-order valence-corrected chi connectivity index (χ2v) is 9.21. The summed E-state index contributed by atoms with van der Waals surface area (Å²) in [5, 5.41) is 3.08. The summed E-state index contributed by atoms with van der Waals surface area (Å²) in [5.41, 5.74) is 4.72. The monoisotopic (exact) mass is 472 g/mol. The van der Waals surface area contributed by atoms with Gasteiger partial charge in [-0.3, -0.25) is 9.59 Å². The number of amides is 1. The minimum Gasteiger partial charge on any atom is -0.347 e. The van der Waals surface area contributed by atoms with Gasteiger partial charge in [-0.1, -0.05) is 51.3 Å². The molecule has 0 saturated heterocycles. The molecule has 1 N–H and O–H groups in total. The molecule has 0 atom stereocenters. The van der Waals surface area contributed by atoms with Gasteiger partial charge >= 0.3 is 0 Å². The Kier molecular flexibility index (Phi) is 7.56. The molecule has 4 nitrogen and oxygen atoms in total. The molecule has 0 bridgehead atoms. The molecule has 1 fully saturated rings. The van der Waals surface area contributed by atoms with Gasteiger partial charge in [0.15, 0.2) is 0 Å². The van der Waals surface area contributed by atoms with Crippen LogP contribution in [0.3, 0.4) is 0 Å². The summed E-state index contributed by atoms with van der Waals surface area (Å²) in [6, 6.07) is 6.10. The topological polar surface area (TPSA) is 51.1 Å². The van der Waals surface area contributed by atoms with Gasteiger partial charge in [-0.25, -0.2) is 0 Å². The molecule has 0 aliphatic heterocycles. The van der Waals surface area contributed by atoms with Gasteiger partial charge in [-0.15, -0.1) is 0 Å². The number of benzene rings is 1. The van der Waals surface area contributed by atoms with Crippen molar-refractivity contribution < 1.29 is 4.79 Å². The van der Waals surface area contributed by atoms with Crippen molar-refractivity contribution in [1.82, 2.24) is 4.57 Å². The lowest BCUT2D eigenvalue weighted by atomic mass is 9.89. The van der Waals surface area contributed by atoms with E-state index in [1.54, 1.807) is 0 Å². The zero-order chi connectivity index (χ0) is 21.8. The van der Waals surface area contributed by atoms with Crippen LogP contribution < -0.4 is 10.7 Å². The van der Waals surface area contributed by atoms with Crippen molar-refractivity contribution in [3.05, 3.63) is 61.0 Å². The van der Waals surface area contributed by atoms with Crippen LogP contribution in [0.1, 0.15) is 78.8 Å². The SMILES string of the molecule is CCc1cccc(CC)c1NC(=O)c1c(C)n(CC2CCCCC2)c(C)c(Br)c1=O. The van der Waals surface area contributed by atoms with Gasteiger partial charge in [-0.2, -0.15) is 0 Å². The van der Waals surface area contributed by atoms with Crippen LogP contribution in [0, 0.1) is 19.8 Å².